The van der Waals surface area contributed by atoms with Crippen molar-refractivity contribution in [2.24, 2.45) is 0 Å². The third kappa shape index (κ3) is 2.30. The van der Waals surface area contributed by atoms with Gasteiger partial charge in [-0.1, -0.05) is 12.1 Å². The number of hydrogen-bond acceptors (Lipinski definition) is 6. The van der Waals surface area contributed by atoms with Crippen molar-refractivity contribution < 1.29 is 4.52 Å². The molecule has 1 fully saturated rings. The summed E-state index contributed by atoms with van der Waals surface area (Å²) in [5.74, 6) is 2.32. The summed E-state index contributed by atoms with van der Waals surface area (Å²) in [6.45, 7) is 4.88. The Morgan fingerprint density at radius 1 is 1.42 bits per heavy atom. The third-order valence-corrected chi connectivity index (χ3v) is 3.46. The first-order valence-electron chi connectivity index (χ1n) is 6.65. The van der Waals surface area contributed by atoms with Crippen molar-refractivity contribution in [2.45, 2.75) is 39.2 Å². The van der Waals surface area contributed by atoms with E-state index < -0.39 is 0 Å². The SMILES string of the molecule is CCc1cc(N2CCC[C@H]2c2noc(C)n2)ncn1. The van der Waals surface area contributed by atoms with E-state index in [0.717, 1.165) is 43.1 Å². The topological polar surface area (TPSA) is 67.9 Å². The Bertz CT molecular complexity index is 568. The number of hydrogen-bond donors (Lipinski definition) is 0. The van der Waals surface area contributed by atoms with E-state index in [9.17, 15) is 0 Å². The molecule has 0 amide bonds. The minimum Gasteiger partial charge on any atom is -0.346 e. The molecule has 0 spiro atoms. The predicted octanol–water partition coefficient (Wildman–Crippen LogP) is 2.07. The molecule has 6 heteroatoms. The number of nitrogens with zero attached hydrogens (tertiary/aromatic N) is 5. The highest BCUT2D eigenvalue weighted by molar-refractivity contribution is 5.42. The lowest BCUT2D eigenvalue weighted by atomic mass is 10.2. The van der Waals surface area contributed by atoms with Crippen LogP contribution in [-0.2, 0) is 6.42 Å². The zero-order valence-corrected chi connectivity index (χ0v) is 11.2. The second-order valence-corrected chi connectivity index (χ2v) is 4.74. The van der Waals surface area contributed by atoms with Gasteiger partial charge in [0.05, 0.1) is 6.04 Å². The summed E-state index contributed by atoms with van der Waals surface area (Å²) in [7, 11) is 0. The highest BCUT2D eigenvalue weighted by Gasteiger charge is 2.30. The number of aromatic nitrogens is 4. The van der Waals surface area contributed by atoms with Gasteiger partial charge < -0.3 is 9.42 Å². The first-order valence-corrected chi connectivity index (χ1v) is 6.65. The van der Waals surface area contributed by atoms with Crippen molar-refractivity contribution in [3.63, 3.8) is 0 Å². The van der Waals surface area contributed by atoms with Crippen LogP contribution >= 0.6 is 0 Å². The molecular formula is C13H17N5O. The largest absolute Gasteiger partial charge is 0.346 e. The van der Waals surface area contributed by atoms with Crippen LogP contribution in [-0.4, -0.2) is 26.7 Å². The van der Waals surface area contributed by atoms with Crippen LogP contribution in [0, 0.1) is 6.92 Å². The molecule has 2 aromatic heterocycles. The van der Waals surface area contributed by atoms with Crippen molar-refractivity contribution in [3.05, 3.63) is 29.8 Å². The maximum absolute atomic E-state index is 5.09. The first-order chi connectivity index (χ1) is 9.28. The highest BCUT2D eigenvalue weighted by atomic mass is 16.5. The molecule has 100 valence electrons. The molecule has 19 heavy (non-hydrogen) atoms. The van der Waals surface area contributed by atoms with E-state index in [1.54, 1.807) is 6.33 Å². The molecule has 3 rings (SSSR count). The summed E-state index contributed by atoms with van der Waals surface area (Å²) in [6, 6.07) is 2.21. The lowest BCUT2D eigenvalue weighted by molar-refractivity contribution is 0.383. The molecule has 1 aliphatic rings. The van der Waals surface area contributed by atoms with Gasteiger partial charge in [0.1, 0.15) is 12.1 Å². The maximum Gasteiger partial charge on any atom is 0.223 e. The predicted molar refractivity (Wildman–Crippen MR) is 69.8 cm³/mol. The van der Waals surface area contributed by atoms with Gasteiger partial charge in [-0.2, -0.15) is 4.98 Å². The Hall–Kier alpha value is -1.98. The summed E-state index contributed by atoms with van der Waals surface area (Å²) in [5, 5.41) is 4.04. The van der Waals surface area contributed by atoms with E-state index in [1.165, 1.54) is 0 Å². The Balaban J connectivity index is 1.90. The van der Waals surface area contributed by atoms with E-state index in [-0.39, 0.29) is 6.04 Å². The fourth-order valence-electron chi connectivity index (χ4n) is 2.50. The van der Waals surface area contributed by atoms with Gasteiger partial charge >= 0.3 is 0 Å². The minimum atomic E-state index is 0.164. The molecule has 1 atom stereocenters. The zero-order chi connectivity index (χ0) is 13.2. The Labute approximate surface area is 111 Å². The van der Waals surface area contributed by atoms with Crippen LogP contribution in [0.1, 0.15) is 43.2 Å². The van der Waals surface area contributed by atoms with Crippen LogP contribution < -0.4 is 4.90 Å². The fraction of sp³-hybridized carbons (Fsp3) is 0.538. The first kappa shape index (κ1) is 12.1. The average Bonchev–Trinajstić information content (AvgIpc) is 3.07. The summed E-state index contributed by atoms with van der Waals surface area (Å²) in [6.07, 6.45) is 4.69. The van der Waals surface area contributed by atoms with Crippen LogP contribution in [0.15, 0.2) is 16.9 Å². The summed E-state index contributed by atoms with van der Waals surface area (Å²) in [5.41, 5.74) is 1.06. The number of rotatable bonds is 3. The smallest absolute Gasteiger partial charge is 0.223 e. The minimum absolute atomic E-state index is 0.164. The lowest BCUT2D eigenvalue weighted by Gasteiger charge is -2.23. The lowest BCUT2D eigenvalue weighted by Crippen LogP contribution is -2.24. The zero-order valence-electron chi connectivity index (χ0n) is 11.2. The van der Waals surface area contributed by atoms with E-state index in [0.29, 0.717) is 5.89 Å². The highest BCUT2D eigenvalue weighted by Crippen LogP contribution is 2.33. The Morgan fingerprint density at radius 3 is 3.05 bits per heavy atom. The van der Waals surface area contributed by atoms with Crippen LogP contribution in [0.4, 0.5) is 5.82 Å². The normalized spacial score (nSPS) is 19.1. The van der Waals surface area contributed by atoms with E-state index in [1.807, 2.05) is 13.0 Å². The van der Waals surface area contributed by atoms with E-state index >= 15 is 0 Å². The molecule has 0 N–H and O–H groups in total. The molecule has 0 radical (unpaired) electrons. The van der Waals surface area contributed by atoms with Crippen molar-refractivity contribution in [1.29, 1.82) is 0 Å². The standard InChI is InChI=1S/C13H17N5O/c1-3-10-7-12(15-8-14-10)18-6-4-5-11(18)13-16-9(2)19-17-13/h7-8,11H,3-6H2,1-2H3/t11-/m0/s1. The molecule has 6 nitrogen and oxygen atoms in total. The van der Waals surface area contributed by atoms with Crippen LogP contribution in [0.2, 0.25) is 0 Å². The van der Waals surface area contributed by atoms with Gasteiger partial charge in [0.2, 0.25) is 5.89 Å². The Morgan fingerprint density at radius 2 is 2.32 bits per heavy atom. The molecule has 3 heterocycles. The Kier molecular flexibility index (Phi) is 3.15. The molecule has 0 aliphatic carbocycles. The second-order valence-electron chi connectivity index (χ2n) is 4.74. The molecule has 1 saturated heterocycles. The van der Waals surface area contributed by atoms with Crippen molar-refractivity contribution in [2.75, 3.05) is 11.4 Å². The quantitative estimate of drug-likeness (QED) is 0.840. The molecule has 0 saturated carbocycles. The fourth-order valence-corrected chi connectivity index (χ4v) is 2.50. The van der Waals surface area contributed by atoms with Crippen LogP contribution in [0.5, 0.6) is 0 Å². The monoisotopic (exact) mass is 259 g/mol. The third-order valence-electron chi connectivity index (χ3n) is 3.46. The van der Waals surface area contributed by atoms with Crippen molar-refractivity contribution in [1.82, 2.24) is 20.1 Å². The van der Waals surface area contributed by atoms with E-state index in [2.05, 4.69) is 31.9 Å². The van der Waals surface area contributed by atoms with Gasteiger partial charge in [-0.05, 0) is 19.3 Å². The average molecular weight is 259 g/mol. The van der Waals surface area contributed by atoms with Gasteiger partial charge in [0.15, 0.2) is 5.82 Å². The van der Waals surface area contributed by atoms with Crippen molar-refractivity contribution in [3.8, 4) is 0 Å². The van der Waals surface area contributed by atoms with Gasteiger partial charge in [0.25, 0.3) is 0 Å². The number of anilines is 1. The summed E-state index contributed by atoms with van der Waals surface area (Å²) < 4.78 is 5.09. The molecule has 0 bridgehead atoms. The van der Waals surface area contributed by atoms with Crippen LogP contribution in [0.3, 0.4) is 0 Å². The molecule has 1 aliphatic heterocycles. The number of aryl methyl sites for hydroxylation is 2. The second kappa shape index (κ2) is 4.95. The summed E-state index contributed by atoms with van der Waals surface area (Å²) in [4.78, 5) is 15.2. The van der Waals surface area contributed by atoms with Gasteiger partial charge in [-0.3, -0.25) is 0 Å². The van der Waals surface area contributed by atoms with Crippen LogP contribution in [0.25, 0.3) is 0 Å². The molecule has 0 aromatic carbocycles. The molecule has 2 aromatic rings. The van der Waals surface area contributed by atoms with Gasteiger partial charge in [-0.25, -0.2) is 9.97 Å². The summed E-state index contributed by atoms with van der Waals surface area (Å²) >= 11 is 0. The van der Waals surface area contributed by atoms with Gasteiger partial charge in [0, 0.05) is 25.2 Å². The van der Waals surface area contributed by atoms with E-state index in [4.69, 9.17) is 4.52 Å². The molecule has 0 unspecified atom stereocenters. The van der Waals surface area contributed by atoms with Crippen molar-refractivity contribution >= 4 is 5.82 Å². The maximum atomic E-state index is 5.09. The molecular weight excluding hydrogens is 242 g/mol. The van der Waals surface area contributed by atoms with Gasteiger partial charge in [-0.15, -0.1) is 0 Å².